The van der Waals surface area contributed by atoms with Crippen LogP contribution in [-0.4, -0.2) is 22.9 Å². The van der Waals surface area contributed by atoms with Crippen molar-refractivity contribution in [2.24, 2.45) is 0 Å². The van der Waals surface area contributed by atoms with Crippen molar-refractivity contribution in [1.82, 2.24) is 9.97 Å². The van der Waals surface area contributed by atoms with Gasteiger partial charge in [-0.05, 0) is 11.6 Å². The molecule has 0 aliphatic heterocycles. The Balaban J connectivity index is 0.000000239. The SMILES string of the molecule is C=Cc1ccccc1S(=O)(=O)O.c1c[nH]cn1. The van der Waals surface area contributed by atoms with Crippen LogP contribution >= 0.6 is 0 Å². The van der Waals surface area contributed by atoms with Crippen molar-refractivity contribution in [2.75, 3.05) is 0 Å². The smallest absolute Gasteiger partial charge is 0.295 e. The number of nitrogens with one attached hydrogen (secondary N) is 1. The third-order valence-electron chi connectivity index (χ3n) is 1.82. The molecule has 2 aromatic rings. The van der Waals surface area contributed by atoms with Gasteiger partial charge in [-0.25, -0.2) is 4.98 Å². The monoisotopic (exact) mass is 252 g/mol. The Hall–Kier alpha value is -1.92. The average molecular weight is 252 g/mol. The number of aromatic nitrogens is 2. The fourth-order valence-electron chi connectivity index (χ4n) is 1.10. The molecular formula is C11H12N2O3S. The van der Waals surface area contributed by atoms with Crippen molar-refractivity contribution in [2.45, 2.75) is 4.90 Å². The van der Waals surface area contributed by atoms with E-state index in [2.05, 4.69) is 16.5 Å². The van der Waals surface area contributed by atoms with Crippen LogP contribution in [-0.2, 0) is 10.1 Å². The minimum absolute atomic E-state index is 0.111. The minimum Gasteiger partial charge on any atom is -0.351 e. The first-order valence-corrected chi connectivity index (χ1v) is 6.11. The van der Waals surface area contributed by atoms with Gasteiger partial charge in [0, 0.05) is 12.4 Å². The third kappa shape index (κ3) is 4.21. The molecule has 1 aromatic heterocycles. The summed E-state index contributed by atoms with van der Waals surface area (Å²) in [6.07, 6.45) is 6.46. The van der Waals surface area contributed by atoms with E-state index in [0.717, 1.165) is 0 Å². The number of rotatable bonds is 2. The van der Waals surface area contributed by atoms with Crippen LogP contribution in [0, 0.1) is 0 Å². The Morgan fingerprint density at radius 3 is 2.41 bits per heavy atom. The van der Waals surface area contributed by atoms with Gasteiger partial charge in [-0.2, -0.15) is 8.42 Å². The Labute approximate surface area is 99.6 Å². The van der Waals surface area contributed by atoms with Gasteiger partial charge in [0.25, 0.3) is 10.1 Å². The molecule has 1 heterocycles. The highest BCUT2D eigenvalue weighted by Crippen LogP contribution is 2.15. The van der Waals surface area contributed by atoms with E-state index in [-0.39, 0.29) is 4.90 Å². The molecule has 2 rings (SSSR count). The second-order valence-electron chi connectivity index (χ2n) is 2.98. The van der Waals surface area contributed by atoms with Crippen LogP contribution in [0.3, 0.4) is 0 Å². The van der Waals surface area contributed by atoms with E-state index in [1.54, 1.807) is 30.9 Å². The van der Waals surface area contributed by atoms with Crippen LogP contribution < -0.4 is 0 Å². The highest BCUT2D eigenvalue weighted by molar-refractivity contribution is 7.85. The average Bonchev–Trinajstić information content (AvgIpc) is 2.86. The molecule has 0 atom stereocenters. The fourth-order valence-corrected chi connectivity index (χ4v) is 1.80. The molecule has 0 saturated heterocycles. The van der Waals surface area contributed by atoms with Gasteiger partial charge in [0.05, 0.1) is 6.33 Å². The van der Waals surface area contributed by atoms with E-state index in [1.807, 2.05) is 0 Å². The van der Waals surface area contributed by atoms with Crippen molar-refractivity contribution in [3.63, 3.8) is 0 Å². The van der Waals surface area contributed by atoms with E-state index in [4.69, 9.17) is 4.55 Å². The van der Waals surface area contributed by atoms with Gasteiger partial charge in [0.1, 0.15) is 4.90 Å². The van der Waals surface area contributed by atoms with Crippen molar-refractivity contribution in [1.29, 1.82) is 0 Å². The van der Waals surface area contributed by atoms with E-state index >= 15 is 0 Å². The number of imidazole rings is 1. The quantitative estimate of drug-likeness (QED) is 0.800. The molecular weight excluding hydrogens is 240 g/mol. The molecule has 0 amide bonds. The summed E-state index contributed by atoms with van der Waals surface area (Å²) < 4.78 is 30.2. The summed E-state index contributed by atoms with van der Waals surface area (Å²) in [5.41, 5.74) is 0.403. The summed E-state index contributed by atoms with van der Waals surface area (Å²) in [5, 5.41) is 0. The lowest BCUT2D eigenvalue weighted by Crippen LogP contribution is -1.99. The van der Waals surface area contributed by atoms with Crippen LogP contribution in [0.4, 0.5) is 0 Å². The molecule has 0 radical (unpaired) electrons. The molecule has 90 valence electrons. The number of aromatic amines is 1. The van der Waals surface area contributed by atoms with Crippen molar-refractivity contribution < 1.29 is 13.0 Å². The van der Waals surface area contributed by atoms with E-state index in [9.17, 15) is 8.42 Å². The van der Waals surface area contributed by atoms with Crippen LogP contribution in [0.5, 0.6) is 0 Å². The van der Waals surface area contributed by atoms with Crippen molar-refractivity contribution in [3.05, 3.63) is 55.1 Å². The van der Waals surface area contributed by atoms with Gasteiger partial charge in [0.2, 0.25) is 0 Å². The zero-order valence-corrected chi connectivity index (χ0v) is 9.76. The second kappa shape index (κ2) is 5.97. The number of H-pyrrole nitrogens is 1. The largest absolute Gasteiger partial charge is 0.351 e. The number of benzene rings is 1. The van der Waals surface area contributed by atoms with Crippen LogP contribution in [0.2, 0.25) is 0 Å². The van der Waals surface area contributed by atoms with Crippen LogP contribution in [0.1, 0.15) is 5.56 Å². The Kier molecular flexibility index (Phi) is 4.62. The van der Waals surface area contributed by atoms with Crippen molar-refractivity contribution in [3.8, 4) is 0 Å². The van der Waals surface area contributed by atoms with Gasteiger partial charge in [-0.15, -0.1) is 0 Å². The number of hydrogen-bond acceptors (Lipinski definition) is 3. The zero-order chi connectivity index (χ0) is 12.7. The van der Waals surface area contributed by atoms with E-state index < -0.39 is 10.1 Å². The lowest BCUT2D eigenvalue weighted by atomic mass is 10.2. The van der Waals surface area contributed by atoms with Crippen LogP contribution in [0.25, 0.3) is 6.08 Å². The van der Waals surface area contributed by atoms with Crippen molar-refractivity contribution >= 4 is 16.2 Å². The Morgan fingerprint density at radius 1 is 1.35 bits per heavy atom. The third-order valence-corrected chi connectivity index (χ3v) is 2.75. The highest BCUT2D eigenvalue weighted by Gasteiger charge is 2.11. The standard InChI is InChI=1S/C8H8O3S.C3H4N2/c1-2-7-5-3-4-6-8(7)12(9,10)11;1-2-5-3-4-1/h2-6H,1H2,(H,9,10,11);1-3H,(H,4,5). The molecule has 0 aliphatic rings. The molecule has 0 bridgehead atoms. The molecule has 0 spiro atoms. The molecule has 6 heteroatoms. The van der Waals surface area contributed by atoms with E-state index in [1.165, 1.54) is 18.2 Å². The first-order valence-electron chi connectivity index (χ1n) is 4.67. The molecule has 2 N–H and O–H groups in total. The topological polar surface area (TPSA) is 83.0 Å². The van der Waals surface area contributed by atoms with Gasteiger partial charge in [-0.3, -0.25) is 4.55 Å². The summed E-state index contributed by atoms with van der Waals surface area (Å²) in [4.78, 5) is 6.31. The molecule has 0 fully saturated rings. The minimum atomic E-state index is -4.12. The summed E-state index contributed by atoms with van der Waals surface area (Å²) in [6, 6.07) is 6.10. The maximum atomic E-state index is 10.7. The first-order chi connectivity index (χ1) is 8.05. The van der Waals surface area contributed by atoms with Gasteiger partial charge in [0.15, 0.2) is 0 Å². The zero-order valence-electron chi connectivity index (χ0n) is 8.95. The Morgan fingerprint density at radius 2 is 2.06 bits per heavy atom. The second-order valence-corrected chi connectivity index (χ2v) is 4.37. The summed E-state index contributed by atoms with van der Waals surface area (Å²) in [5.74, 6) is 0. The first kappa shape index (κ1) is 13.1. The maximum Gasteiger partial charge on any atom is 0.295 e. The molecule has 5 nitrogen and oxygen atoms in total. The number of hydrogen-bond donors (Lipinski definition) is 2. The molecule has 0 unspecified atom stereocenters. The predicted molar refractivity (Wildman–Crippen MR) is 64.9 cm³/mol. The molecule has 0 saturated carbocycles. The molecule has 1 aromatic carbocycles. The van der Waals surface area contributed by atoms with Gasteiger partial charge in [-0.1, -0.05) is 30.9 Å². The highest BCUT2D eigenvalue weighted by atomic mass is 32.2. The van der Waals surface area contributed by atoms with Crippen LogP contribution in [0.15, 0.2) is 54.5 Å². The maximum absolute atomic E-state index is 10.7. The fraction of sp³-hybridized carbons (Fsp3) is 0. The van der Waals surface area contributed by atoms with E-state index in [0.29, 0.717) is 5.56 Å². The molecule has 0 aliphatic carbocycles. The lowest BCUT2D eigenvalue weighted by Gasteiger charge is -2.00. The number of nitrogens with zero attached hydrogens (tertiary/aromatic N) is 1. The van der Waals surface area contributed by atoms with Gasteiger partial charge >= 0.3 is 0 Å². The molecule has 17 heavy (non-hydrogen) atoms. The summed E-state index contributed by atoms with van der Waals surface area (Å²) in [7, 11) is -4.12. The summed E-state index contributed by atoms with van der Waals surface area (Å²) in [6.45, 7) is 3.43. The summed E-state index contributed by atoms with van der Waals surface area (Å²) >= 11 is 0. The predicted octanol–water partition coefficient (Wildman–Crippen LogP) is 1.99. The lowest BCUT2D eigenvalue weighted by molar-refractivity contribution is 0.483. The van der Waals surface area contributed by atoms with Gasteiger partial charge < -0.3 is 4.98 Å². The normalized spacial score (nSPS) is 10.2. The Bertz CT molecular complexity index is 545.